The number of rotatable bonds is 6. The second-order valence-corrected chi connectivity index (χ2v) is 4.82. The van der Waals surface area contributed by atoms with Gasteiger partial charge in [-0.2, -0.15) is 47.9 Å². The van der Waals surface area contributed by atoms with Crippen molar-refractivity contribution in [1.82, 2.24) is 0 Å². The van der Waals surface area contributed by atoms with Crippen LogP contribution in [-0.2, 0) is 19.8 Å². The van der Waals surface area contributed by atoms with Crippen LogP contribution in [0.15, 0.2) is 12.7 Å². The summed E-state index contributed by atoms with van der Waals surface area (Å²) in [5.41, 5.74) is 0. The van der Waals surface area contributed by atoms with E-state index in [9.17, 15) is 52.7 Å². The van der Waals surface area contributed by atoms with Crippen molar-refractivity contribution in [3.05, 3.63) is 12.7 Å². The monoisotopic (exact) mass is 410 g/mol. The van der Waals surface area contributed by atoms with Crippen molar-refractivity contribution < 1.29 is 57.5 Å². The molecule has 0 radical (unpaired) electrons. The highest BCUT2D eigenvalue weighted by molar-refractivity contribution is 7.71. The second kappa shape index (κ2) is 9.10. The molecule has 0 aliphatic heterocycles. The summed E-state index contributed by atoms with van der Waals surface area (Å²) in [5, 5.41) is 0.835. The number of halogens is 9. The molecule has 0 aliphatic carbocycles. The first kappa shape index (κ1) is 25.5. The van der Waals surface area contributed by atoms with Crippen LogP contribution in [0.4, 0.5) is 39.5 Å². The zero-order valence-corrected chi connectivity index (χ0v) is 13.0. The number of carbonyl (C=O) groups excluding carboxylic acids is 1. The summed E-state index contributed by atoms with van der Waals surface area (Å²) < 4.78 is 131. The van der Waals surface area contributed by atoms with Crippen LogP contribution in [0.5, 0.6) is 0 Å². The van der Waals surface area contributed by atoms with Gasteiger partial charge in [0.25, 0.3) is 0 Å². The predicted octanol–water partition coefficient (Wildman–Crippen LogP) is 3.26. The van der Waals surface area contributed by atoms with Gasteiger partial charge in [-0.05, 0) is 0 Å². The summed E-state index contributed by atoms with van der Waals surface area (Å²) >= 11 is 0. The molecule has 0 saturated carbocycles. The Morgan fingerprint density at radius 1 is 1.00 bits per heavy atom. The fourth-order valence-electron chi connectivity index (χ4n) is 0.860. The van der Waals surface area contributed by atoms with E-state index in [1.165, 1.54) is 0 Å². The average Bonchev–Trinajstić information content (AvgIpc) is 2.45. The average molecular weight is 410 g/mol. The van der Waals surface area contributed by atoms with Gasteiger partial charge < -0.3 is 4.74 Å². The highest BCUT2D eigenvalue weighted by Gasteiger charge is 2.81. The highest BCUT2D eigenvalue weighted by atomic mass is 32.2. The minimum Gasteiger partial charge on any atom is -0.457 e. The lowest BCUT2D eigenvalue weighted by atomic mass is 10.0. The van der Waals surface area contributed by atoms with Gasteiger partial charge in [0.2, 0.25) is 10.3 Å². The summed E-state index contributed by atoms with van der Waals surface area (Å²) in [5.74, 6) is -19.3. The molecule has 0 fully saturated rings. The van der Waals surface area contributed by atoms with Crippen molar-refractivity contribution in [3.8, 4) is 0 Å². The maximum Gasteiger partial charge on any atom is 0.460 e. The maximum absolute atomic E-state index is 12.3. The Labute approximate surface area is 136 Å². The number of esters is 1. The Morgan fingerprint density at radius 2 is 1.44 bits per heavy atom. The molecule has 0 heterocycles. The standard InChI is InChI=1S/C6H5F9.C5H6O4S/c1-2-3(7,8)4(9,10)5(11,12)6(13,14)15;1-2-5(6)9-3-4-10(7)8/h2H2,1H3;2,4H,1,3H2. The Kier molecular flexibility index (Phi) is 9.29. The lowest BCUT2D eigenvalue weighted by molar-refractivity contribution is -0.396. The minimum absolute atomic E-state index is 0.235. The van der Waals surface area contributed by atoms with E-state index in [1.54, 1.807) is 0 Å². The molecule has 0 spiro atoms. The lowest BCUT2D eigenvalue weighted by Crippen LogP contribution is -2.60. The van der Waals surface area contributed by atoms with Gasteiger partial charge in [0.15, 0.2) is 0 Å². The summed E-state index contributed by atoms with van der Waals surface area (Å²) in [4.78, 5) is 10.2. The quantitative estimate of drug-likeness (QED) is 0.292. The molecular weight excluding hydrogens is 399 g/mol. The Hall–Kier alpha value is -1.73. The SMILES string of the molecule is C=CC(=O)OCC=S(=O)=O.CCC(F)(F)C(F)(F)C(F)(F)C(F)(F)F. The molecule has 0 unspecified atom stereocenters. The van der Waals surface area contributed by atoms with Crippen LogP contribution >= 0.6 is 0 Å². The first-order chi connectivity index (χ1) is 11.0. The molecule has 0 atom stereocenters. The number of ether oxygens (including phenoxy) is 1. The first-order valence-corrected chi connectivity index (χ1v) is 7.02. The van der Waals surface area contributed by atoms with Crippen LogP contribution in [0.25, 0.3) is 0 Å². The van der Waals surface area contributed by atoms with Crippen LogP contribution in [-0.4, -0.2) is 50.3 Å². The molecule has 0 rings (SSSR count). The Morgan fingerprint density at radius 3 is 1.72 bits per heavy atom. The van der Waals surface area contributed by atoms with Crippen molar-refractivity contribution >= 4 is 21.6 Å². The van der Waals surface area contributed by atoms with E-state index < -0.39 is 46.6 Å². The van der Waals surface area contributed by atoms with E-state index in [2.05, 4.69) is 11.3 Å². The maximum atomic E-state index is 12.3. The molecular formula is C11H11F9O4S. The van der Waals surface area contributed by atoms with Gasteiger partial charge in [0, 0.05) is 12.5 Å². The molecule has 0 amide bonds. The van der Waals surface area contributed by atoms with Gasteiger partial charge in [-0.3, -0.25) is 0 Å². The molecule has 0 saturated heterocycles. The Bertz CT molecular complexity index is 585. The third kappa shape index (κ3) is 6.96. The molecule has 148 valence electrons. The summed E-state index contributed by atoms with van der Waals surface area (Å²) in [6.07, 6.45) is -7.59. The largest absolute Gasteiger partial charge is 0.460 e. The fraction of sp³-hybridized carbons (Fsp3) is 0.636. The van der Waals surface area contributed by atoms with Gasteiger partial charge in [0.05, 0.1) is 5.37 Å². The van der Waals surface area contributed by atoms with Crippen LogP contribution in [0.1, 0.15) is 13.3 Å². The predicted molar refractivity (Wildman–Crippen MR) is 67.3 cm³/mol. The highest BCUT2D eigenvalue weighted by Crippen LogP contribution is 2.53. The van der Waals surface area contributed by atoms with Crippen molar-refractivity contribution in [3.63, 3.8) is 0 Å². The normalized spacial score (nSPS) is 12.6. The minimum atomic E-state index is -6.76. The lowest BCUT2D eigenvalue weighted by Gasteiger charge is -2.33. The van der Waals surface area contributed by atoms with Gasteiger partial charge in [-0.25, -0.2) is 4.79 Å². The molecule has 0 aromatic carbocycles. The zero-order chi connectivity index (χ0) is 20.7. The number of alkyl halides is 9. The van der Waals surface area contributed by atoms with Crippen LogP contribution in [0.2, 0.25) is 0 Å². The third-order valence-electron chi connectivity index (χ3n) is 2.25. The van der Waals surface area contributed by atoms with Crippen LogP contribution < -0.4 is 0 Å². The van der Waals surface area contributed by atoms with Gasteiger partial charge in [-0.15, -0.1) is 0 Å². The van der Waals surface area contributed by atoms with Gasteiger partial charge >= 0.3 is 29.9 Å². The second-order valence-electron chi connectivity index (χ2n) is 3.97. The molecule has 25 heavy (non-hydrogen) atoms. The molecule has 0 aromatic rings. The van der Waals surface area contributed by atoms with Gasteiger partial charge in [0.1, 0.15) is 6.61 Å². The number of carbonyl (C=O) groups is 1. The van der Waals surface area contributed by atoms with Crippen LogP contribution in [0, 0.1) is 0 Å². The van der Waals surface area contributed by atoms with E-state index in [0.717, 1.165) is 11.4 Å². The van der Waals surface area contributed by atoms with Crippen molar-refractivity contribution in [2.45, 2.75) is 37.3 Å². The van der Waals surface area contributed by atoms with E-state index in [4.69, 9.17) is 0 Å². The van der Waals surface area contributed by atoms with Crippen molar-refractivity contribution in [2.24, 2.45) is 0 Å². The smallest absolute Gasteiger partial charge is 0.457 e. The fourth-order valence-corrected chi connectivity index (χ4v) is 1.04. The molecule has 4 nitrogen and oxygen atoms in total. The van der Waals surface area contributed by atoms with E-state index in [1.807, 2.05) is 0 Å². The van der Waals surface area contributed by atoms with E-state index in [-0.39, 0.29) is 6.61 Å². The first-order valence-electron chi connectivity index (χ1n) is 5.88. The molecule has 0 bridgehead atoms. The van der Waals surface area contributed by atoms with Gasteiger partial charge in [-0.1, -0.05) is 13.5 Å². The number of hydrogen-bond acceptors (Lipinski definition) is 4. The zero-order valence-electron chi connectivity index (χ0n) is 12.2. The molecule has 0 N–H and O–H groups in total. The summed E-state index contributed by atoms with van der Waals surface area (Å²) in [7, 11) is -2.27. The van der Waals surface area contributed by atoms with Crippen LogP contribution in [0.3, 0.4) is 0 Å². The van der Waals surface area contributed by atoms with E-state index in [0.29, 0.717) is 6.92 Å². The molecule has 0 aliphatic rings. The molecule has 14 heteroatoms. The summed E-state index contributed by atoms with van der Waals surface area (Å²) in [6.45, 7) is 3.26. The topological polar surface area (TPSA) is 60.4 Å². The number of hydrogen-bond donors (Lipinski definition) is 0. The summed E-state index contributed by atoms with van der Waals surface area (Å²) in [6, 6.07) is 0. The van der Waals surface area contributed by atoms with Crippen molar-refractivity contribution in [2.75, 3.05) is 6.61 Å². The van der Waals surface area contributed by atoms with E-state index >= 15 is 0 Å². The molecule has 0 aromatic heterocycles. The third-order valence-corrected chi connectivity index (χ3v) is 2.66. The Balaban J connectivity index is 0. The van der Waals surface area contributed by atoms with Crippen molar-refractivity contribution in [1.29, 1.82) is 0 Å².